The lowest BCUT2D eigenvalue weighted by atomic mass is 9.96. The molecule has 0 radical (unpaired) electrons. The second-order valence-electron chi connectivity index (χ2n) is 6.25. The molecule has 1 unspecified atom stereocenters. The Bertz CT molecular complexity index is 569. The number of anilines is 1. The molecule has 1 aromatic rings. The highest BCUT2D eigenvalue weighted by atomic mass is 32.2. The second-order valence-corrected chi connectivity index (χ2v) is 8.26. The summed E-state index contributed by atoms with van der Waals surface area (Å²) in [7, 11) is -3.23. The van der Waals surface area contributed by atoms with Crippen molar-refractivity contribution in [3.63, 3.8) is 0 Å². The largest absolute Gasteiger partial charge is 0.314 e. The molecule has 4 nitrogen and oxygen atoms in total. The van der Waals surface area contributed by atoms with E-state index in [9.17, 15) is 8.42 Å². The van der Waals surface area contributed by atoms with Crippen LogP contribution in [0.1, 0.15) is 32.8 Å². The minimum Gasteiger partial charge on any atom is -0.314 e. The normalized spacial score (nSPS) is 18.9. The molecule has 0 saturated carbocycles. The Morgan fingerprint density at radius 1 is 1.33 bits per heavy atom. The number of para-hydroxylation sites is 1. The maximum atomic E-state index is 12.6. The van der Waals surface area contributed by atoms with Gasteiger partial charge in [0, 0.05) is 12.6 Å². The molecule has 2 rings (SSSR count). The summed E-state index contributed by atoms with van der Waals surface area (Å²) in [6.07, 6.45) is 1.60. The molecule has 0 aliphatic carbocycles. The van der Waals surface area contributed by atoms with Gasteiger partial charge in [-0.3, -0.25) is 4.31 Å². The van der Waals surface area contributed by atoms with Crippen molar-refractivity contribution in [2.75, 3.05) is 23.1 Å². The molecule has 0 saturated heterocycles. The predicted octanol–water partition coefficient (Wildman–Crippen LogP) is 2.40. The predicted molar refractivity (Wildman–Crippen MR) is 88.2 cm³/mol. The van der Waals surface area contributed by atoms with E-state index in [-0.39, 0.29) is 5.75 Å². The van der Waals surface area contributed by atoms with Gasteiger partial charge in [-0.1, -0.05) is 39.0 Å². The third kappa shape index (κ3) is 4.20. The molecule has 0 bridgehead atoms. The number of hydrogen-bond acceptors (Lipinski definition) is 3. The lowest BCUT2D eigenvalue weighted by molar-refractivity contribution is 0.539. The topological polar surface area (TPSA) is 49.4 Å². The molecule has 1 aliphatic rings. The van der Waals surface area contributed by atoms with Crippen LogP contribution in [0.3, 0.4) is 0 Å². The van der Waals surface area contributed by atoms with Crippen LogP contribution >= 0.6 is 0 Å². The molecule has 0 fully saturated rings. The van der Waals surface area contributed by atoms with Crippen LogP contribution < -0.4 is 9.62 Å². The molecular weight excluding hydrogens is 284 g/mol. The van der Waals surface area contributed by atoms with Gasteiger partial charge in [0.1, 0.15) is 0 Å². The number of sulfonamides is 1. The average molecular weight is 310 g/mol. The fourth-order valence-corrected chi connectivity index (χ4v) is 4.46. The molecule has 0 amide bonds. The molecule has 1 N–H and O–H groups in total. The molecule has 5 heteroatoms. The smallest absolute Gasteiger partial charge is 0.235 e. The second kappa shape index (κ2) is 6.79. The number of hydrogen-bond donors (Lipinski definition) is 1. The van der Waals surface area contributed by atoms with Crippen LogP contribution in [-0.4, -0.2) is 33.3 Å². The van der Waals surface area contributed by atoms with Crippen molar-refractivity contribution in [2.45, 2.75) is 39.7 Å². The number of fused-ring (bicyclic) bond motifs is 1. The van der Waals surface area contributed by atoms with E-state index in [0.29, 0.717) is 24.9 Å². The van der Waals surface area contributed by atoms with Crippen LogP contribution in [0, 0.1) is 5.92 Å². The fraction of sp³-hybridized carbons (Fsp3) is 0.625. The Morgan fingerprint density at radius 3 is 2.76 bits per heavy atom. The summed E-state index contributed by atoms with van der Waals surface area (Å²) in [6.45, 7) is 7.58. The van der Waals surface area contributed by atoms with Gasteiger partial charge in [0.25, 0.3) is 0 Å². The summed E-state index contributed by atoms with van der Waals surface area (Å²) >= 11 is 0. The lowest BCUT2D eigenvalue weighted by Crippen LogP contribution is -2.41. The van der Waals surface area contributed by atoms with Crippen LogP contribution in [0.2, 0.25) is 0 Å². The van der Waals surface area contributed by atoms with E-state index < -0.39 is 10.0 Å². The molecule has 0 spiro atoms. The fourth-order valence-electron chi connectivity index (χ4n) is 2.77. The molecule has 1 aromatic carbocycles. The average Bonchev–Trinajstić information content (AvgIpc) is 2.42. The van der Waals surface area contributed by atoms with Crippen molar-refractivity contribution < 1.29 is 8.42 Å². The monoisotopic (exact) mass is 310 g/mol. The Kier molecular flexibility index (Phi) is 5.27. The zero-order valence-corrected chi connectivity index (χ0v) is 14.0. The first-order valence-electron chi connectivity index (χ1n) is 7.72. The molecule has 1 aliphatic heterocycles. The minimum absolute atomic E-state index is 0.202. The molecule has 21 heavy (non-hydrogen) atoms. The van der Waals surface area contributed by atoms with E-state index in [1.807, 2.05) is 24.3 Å². The summed E-state index contributed by atoms with van der Waals surface area (Å²) in [6, 6.07) is 8.24. The van der Waals surface area contributed by atoms with Crippen molar-refractivity contribution in [3.8, 4) is 0 Å². The van der Waals surface area contributed by atoms with Crippen molar-refractivity contribution in [3.05, 3.63) is 29.8 Å². The van der Waals surface area contributed by atoms with Crippen molar-refractivity contribution in [1.82, 2.24) is 5.32 Å². The quantitative estimate of drug-likeness (QED) is 0.821. The Labute approximate surface area is 128 Å². The molecular formula is C16H26N2O2S. The maximum absolute atomic E-state index is 12.6. The van der Waals surface area contributed by atoms with Gasteiger partial charge >= 0.3 is 0 Å². The Hall–Kier alpha value is -1.07. The van der Waals surface area contributed by atoms with E-state index in [4.69, 9.17) is 0 Å². The van der Waals surface area contributed by atoms with E-state index in [0.717, 1.165) is 24.2 Å². The van der Waals surface area contributed by atoms with Gasteiger partial charge in [0.05, 0.1) is 11.4 Å². The van der Waals surface area contributed by atoms with Gasteiger partial charge in [0.2, 0.25) is 10.0 Å². The molecule has 1 heterocycles. The van der Waals surface area contributed by atoms with E-state index in [1.54, 1.807) is 4.31 Å². The standard InChI is InChI=1S/C16H26N2O2S/c1-13(2)17-9-6-10-21(19,20)18-12-14(3)11-15-7-4-5-8-16(15)18/h4-5,7-8,13-14,17H,6,9-12H2,1-3H3. The highest BCUT2D eigenvalue weighted by Gasteiger charge is 2.29. The van der Waals surface area contributed by atoms with E-state index >= 15 is 0 Å². The van der Waals surface area contributed by atoms with Crippen LogP contribution in [0.25, 0.3) is 0 Å². The van der Waals surface area contributed by atoms with Gasteiger partial charge < -0.3 is 5.32 Å². The highest BCUT2D eigenvalue weighted by Crippen LogP contribution is 2.31. The zero-order valence-electron chi connectivity index (χ0n) is 13.2. The first kappa shape index (κ1) is 16.3. The SMILES string of the molecule is CC1Cc2ccccc2N(S(=O)(=O)CCCNC(C)C)C1. The third-order valence-electron chi connectivity index (χ3n) is 3.77. The summed E-state index contributed by atoms with van der Waals surface area (Å²) in [4.78, 5) is 0. The van der Waals surface area contributed by atoms with E-state index in [2.05, 4.69) is 26.1 Å². The summed E-state index contributed by atoms with van der Waals surface area (Å²) < 4.78 is 26.9. The number of nitrogens with zero attached hydrogens (tertiary/aromatic N) is 1. The maximum Gasteiger partial charge on any atom is 0.235 e. The zero-order chi connectivity index (χ0) is 15.5. The summed E-state index contributed by atoms with van der Waals surface area (Å²) in [5.41, 5.74) is 2.01. The van der Waals surface area contributed by atoms with Gasteiger partial charge in [-0.25, -0.2) is 8.42 Å². The van der Waals surface area contributed by atoms with E-state index in [1.165, 1.54) is 0 Å². The first-order valence-corrected chi connectivity index (χ1v) is 9.33. The van der Waals surface area contributed by atoms with Crippen molar-refractivity contribution in [1.29, 1.82) is 0 Å². The number of benzene rings is 1. The van der Waals surface area contributed by atoms with Gasteiger partial charge in [-0.2, -0.15) is 0 Å². The third-order valence-corrected chi connectivity index (χ3v) is 5.60. The van der Waals surface area contributed by atoms with Gasteiger partial charge in [-0.15, -0.1) is 0 Å². The summed E-state index contributed by atoms with van der Waals surface area (Å²) in [5, 5.41) is 3.27. The van der Waals surface area contributed by atoms with Crippen molar-refractivity contribution in [2.24, 2.45) is 5.92 Å². The van der Waals surface area contributed by atoms with Crippen LogP contribution in [0.5, 0.6) is 0 Å². The molecule has 118 valence electrons. The minimum atomic E-state index is -3.23. The van der Waals surface area contributed by atoms with Gasteiger partial charge in [0.15, 0.2) is 0 Å². The first-order chi connectivity index (χ1) is 9.90. The Morgan fingerprint density at radius 2 is 2.05 bits per heavy atom. The van der Waals surface area contributed by atoms with Crippen molar-refractivity contribution >= 4 is 15.7 Å². The lowest BCUT2D eigenvalue weighted by Gasteiger charge is -2.34. The number of rotatable bonds is 6. The highest BCUT2D eigenvalue weighted by molar-refractivity contribution is 7.92. The van der Waals surface area contributed by atoms with Gasteiger partial charge in [-0.05, 0) is 36.9 Å². The molecule has 0 aromatic heterocycles. The number of nitrogens with one attached hydrogen (secondary N) is 1. The van der Waals surface area contributed by atoms with Crippen LogP contribution in [0.15, 0.2) is 24.3 Å². The van der Waals surface area contributed by atoms with Crippen LogP contribution in [0.4, 0.5) is 5.69 Å². The molecule has 1 atom stereocenters. The summed E-state index contributed by atoms with van der Waals surface area (Å²) in [5.74, 6) is 0.566. The van der Waals surface area contributed by atoms with Crippen LogP contribution in [-0.2, 0) is 16.4 Å². The Balaban J connectivity index is 2.09.